The fourth-order valence-electron chi connectivity index (χ4n) is 1.39. The third-order valence-electron chi connectivity index (χ3n) is 2.24. The van der Waals surface area contributed by atoms with Gasteiger partial charge in [-0.2, -0.15) is 0 Å². The zero-order valence-corrected chi connectivity index (χ0v) is 8.73. The molecule has 0 spiro atoms. The maximum Gasteiger partial charge on any atom is 0.130 e. The normalized spacial score (nSPS) is 9.93. The molecule has 0 aliphatic carbocycles. The first kappa shape index (κ1) is 9.78. The first-order valence-electron chi connectivity index (χ1n) is 5.00. The fourth-order valence-corrected chi connectivity index (χ4v) is 1.39. The highest BCUT2D eigenvalue weighted by Gasteiger charge is 1.98. The lowest BCUT2D eigenvalue weighted by Crippen LogP contribution is -1.96. The molecule has 1 heteroatoms. The lowest BCUT2D eigenvalue weighted by atomic mass is 10.2. The Morgan fingerprint density at radius 1 is 1.07 bits per heavy atom. The molecule has 2 aromatic rings. The quantitative estimate of drug-likeness (QED) is 0.733. The van der Waals surface area contributed by atoms with Crippen molar-refractivity contribution in [3.8, 4) is 5.75 Å². The van der Waals surface area contributed by atoms with Crippen LogP contribution in [0.5, 0.6) is 5.75 Å². The maximum absolute atomic E-state index is 5.67. The Labute approximate surface area is 90.3 Å². The van der Waals surface area contributed by atoms with Gasteiger partial charge in [0.25, 0.3) is 0 Å². The molecule has 0 aromatic heterocycles. The summed E-state index contributed by atoms with van der Waals surface area (Å²) in [6, 6.07) is 19.1. The lowest BCUT2D eigenvalue weighted by Gasteiger charge is -2.07. The molecule has 2 rings (SSSR count). The molecule has 15 heavy (non-hydrogen) atoms. The van der Waals surface area contributed by atoms with Gasteiger partial charge in [0.05, 0.1) is 0 Å². The Hall–Kier alpha value is -1.76. The van der Waals surface area contributed by atoms with E-state index in [-0.39, 0.29) is 0 Å². The van der Waals surface area contributed by atoms with E-state index < -0.39 is 0 Å². The number of hydrogen-bond acceptors (Lipinski definition) is 1. The van der Waals surface area contributed by atoms with Crippen LogP contribution in [0.25, 0.3) is 0 Å². The van der Waals surface area contributed by atoms with Crippen molar-refractivity contribution in [3.05, 3.63) is 65.7 Å². The van der Waals surface area contributed by atoms with Gasteiger partial charge in [0.2, 0.25) is 0 Å². The zero-order valence-electron chi connectivity index (χ0n) is 8.73. The van der Waals surface area contributed by atoms with Crippen molar-refractivity contribution in [1.29, 1.82) is 0 Å². The van der Waals surface area contributed by atoms with Crippen LogP contribution in [0.15, 0.2) is 48.5 Å². The average molecular weight is 197 g/mol. The van der Waals surface area contributed by atoms with Gasteiger partial charge in [0.1, 0.15) is 12.4 Å². The van der Waals surface area contributed by atoms with Gasteiger partial charge < -0.3 is 4.74 Å². The van der Waals surface area contributed by atoms with Crippen molar-refractivity contribution < 1.29 is 4.74 Å². The van der Waals surface area contributed by atoms with Crippen LogP contribution in [0.3, 0.4) is 0 Å². The van der Waals surface area contributed by atoms with Crippen LogP contribution < -0.4 is 4.74 Å². The van der Waals surface area contributed by atoms with E-state index in [1.165, 1.54) is 5.56 Å². The standard InChI is InChI=1S/C14H13O/c1-12-7-5-6-10-14(12)15-11-13-8-3-2-4-9-13/h2-9H,11H2,1H3. The highest BCUT2D eigenvalue weighted by Crippen LogP contribution is 2.16. The molecule has 0 saturated heterocycles. The Morgan fingerprint density at radius 3 is 2.60 bits per heavy atom. The molecule has 0 amide bonds. The number of aryl methyl sites for hydroxylation is 1. The fraction of sp³-hybridized carbons (Fsp3) is 0.143. The molecule has 2 aromatic carbocycles. The predicted octanol–water partition coefficient (Wildman–Crippen LogP) is 3.37. The van der Waals surface area contributed by atoms with Gasteiger partial charge in [0, 0.05) is 6.07 Å². The van der Waals surface area contributed by atoms with E-state index in [4.69, 9.17) is 4.74 Å². The monoisotopic (exact) mass is 197 g/mol. The SMILES string of the molecule is Cc1ccc[c]c1OCc1ccccc1. The number of ether oxygens (including phenoxy) is 1. The first-order chi connectivity index (χ1) is 7.36. The predicted molar refractivity (Wildman–Crippen MR) is 60.8 cm³/mol. The molecule has 1 nitrogen and oxygen atoms in total. The molecule has 0 N–H and O–H groups in total. The van der Waals surface area contributed by atoms with Gasteiger partial charge in [-0.3, -0.25) is 0 Å². The lowest BCUT2D eigenvalue weighted by molar-refractivity contribution is 0.303. The second kappa shape index (κ2) is 4.65. The minimum Gasteiger partial charge on any atom is -0.488 e. The molecule has 0 aliphatic heterocycles. The van der Waals surface area contributed by atoms with Crippen LogP contribution in [-0.4, -0.2) is 0 Å². The molecule has 75 valence electrons. The van der Waals surface area contributed by atoms with Gasteiger partial charge in [-0.15, -0.1) is 0 Å². The highest BCUT2D eigenvalue weighted by molar-refractivity contribution is 5.30. The zero-order chi connectivity index (χ0) is 10.5. The Morgan fingerprint density at radius 2 is 1.87 bits per heavy atom. The molecule has 0 heterocycles. The summed E-state index contributed by atoms with van der Waals surface area (Å²) in [4.78, 5) is 0. The van der Waals surface area contributed by atoms with Crippen LogP contribution >= 0.6 is 0 Å². The van der Waals surface area contributed by atoms with Crippen LogP contribution in [0, 0.1) is 13.0 Å². The van der Waals surface area contributed by atoms with Crippen LogP contribution in [0.1, 0.15) is 11.1 Å². The molecule has 0 saturated carbocycles. The van der Waals surface area contributed by atoms with E-state index in [0.29, 0.717) is 6.61 Å². The van der Waals surface area contributed by atoms with Crippen molar-refractivity contribution in [2.45, 2.75) is 13.5 Å². The molecule has 0 fully saturated rings. The Balaban J connectivity index is 2.03. The summed E-state index contributed by atoms with van der Waals surface area (Å²) in [5, 5.41) is 0. The molecule has 0 unspecified atom stereocenters. The summed E-state index contributed by atoms with van der Waals surface area (Å²) in [5.41, 5.74) is 2.29. The van der Waals surface area contributed by atoms with Crippen molar-refractivity contribution in [2.75, 3.05) is 0 Å². The maximum atomic E-state index is 5.67. The summed E-state index contributed by atoms with van der Waals surface area (Å²) in [6.07, 6.45) is 0. The molecule has 0 atom stereocenters. The molecule has 1 radical (unpaired) electrons. The highest BCUT2D eigenvalue weighted by atomic mass is 16.5. The van der Waals surface area contributed by atoms with Crippen LogP contribution in [0.2, 0.25) is 0 Å². The van der Waals surface area contributed by atoms with E-state index in [1.807, 2.05) is 43.3 Å². The van der Waals surface area contributed by atoms with E-state index in [1.54, 1.807) is 0 Å². The number of hydrogen-bond donors (Lipinski definition) is 0. The smallest absolute Gasteiger partial charge is 0.130 e. The third kappa shape index (κ3) is 2.59. The van der Waals surface area contributed by atoms with Crippen molar-refractivity contribution in [3.63, 3.8) is 0 Å². The summed E-state index contributed by atoms with van der Waals surface area (Å²) < 4.78 is 5.67. The van der Waals surface area contributed by atoms with Gasteiger partial charge in [0.15, 0.2) is 0 Å². The van der Waals surface area contributed by atoms with Gasteiger partial charge >= 0.3 is 0 Å². The number of para-hydroxylation sites is 1. The second-order valence-electron chi connectivity index (χ2n) is 3.46. The van der Waals surface area contributed by atoms with Gasteiger partial charge in [-0.1, -0.05) is 48.5 Å². The van der Waals surface area contributed by atoms with Crippen LogP contribution in [-0.2, 0) is 6.61 Å². The number of benzene rings is 2. The van der Waals surface area contributed by atoms with E-state index in [9.17, 15) is 0 Å². The Kier molecular flexibility index (Phi) is 3.03. The van der Waals surface area contributed by atoms with Crippen molar-refractivity contribution in [2.24, 2.45) is 0 Å². The summed E-state index contributed by atoms with van der Waals surface area (Å²) in [5.74, 6) is 0.835. The Bertz CT molecular complexity index is 420. The number of rotatable bonds is 3. The van der Waals surface area contributed by atoms with Crippen LogP contribution in [0.4, 0.5) is 0 Å². The van der Waals surface area contributed by atoms with E-state index in [0.717, 1.165) is 11.3 Å². The average Bonchev–Trinajstić information content (AvgIpc) is 2.29. The second-order valence-corrected chi connectivity index (χ2v) is 3.46. The minimum atomic E-state index is 0.599. The molecule has 0 aliphatic rings. The molecular weight excluding hydrogens is 184 g/mol. The van der Waals surface area contributed by atoms with E-state index in [2.05, 4.69) is 18.2 Å². The van der Waals surface area contributed by atoms with Crippen molar-refractivity contribution in [1.82, 2.24) is 0 Å². The third-order valence-corrected chi connectivity index (χ3v) is 2.24. The van der Waals surface area contributed by atoms with Gasteiger partial charge in [-0.25, -0.2) is 0 Å². The molecular formula is C14H13O. The van der Waals surface area contributed by atoms with Crippen molar-refractivity contribution >= 4 is 0 Å². The summed E-state index contributed by atoms with van der Waals surface area (Å²) in [7, 11) is 0. The van der Waals surface area contributed by atoms with E-state index >= 15 is 0 Å². The summed E-state index contributed by atoms with van der Waals surface area (Å²) in [6.45, 7) is 2.62. The first-order valence-corrected chi connectivity index (χ1v) is 5.00. The largest absolute Gasteiger partial charge is 0.488 e. The minimum absolute atomic E-state index is 0.599. The van der Waals surface area contributed by atoms with Gasteiger partial charge in [-0.05, 0) is 18.1 Å². The summed E-state index contributed by atoms with van der Waals surface area (Å²) >= 11 is 0. The molecule has 0 bridgehead atoms. The topological polar surface area (TPSA) is 9.23 Å².